The number of aromatic nitrogens is 2. The van der Waals surface area contributed by atoms with Gasteiger partial charge in [0.15, 0.2) is 5.15 Å². The van der Waals surface area contributed by atoms with Gasteiger partial charge in [0.2, 0.25) is 0 Å². The van der Waals surface area contributed by atoms with Crippen LogP contribution in [-0.4, -0.2) is 29.7 Å². The molecule has 3 nitrogen and oxygen atoms in total. The van der Waals surface area contributed by atoms with E-state index in [2.05, 4.69) is 10.2 Å². The first-order valence-corrected chi connectivity index (χ1v) is 5.91. The molecule has 0 atom stereocenters. The van der Waals surface area contributed by atoms with Crippen LogP contribution in [0.25, 0.3) is 0 Å². The van der Waals surface area contributed by atoms with Crippen LogP contribution < -0.4 is 0 Å². The van der Waals surface area contributed by atoms with E-state index < -0.39 is 0 Å². The van der Waals surface area contributed by atoms with Gasteiger partial charge in [0.25, 0.3) is 0 Å². The van der Waals surface area contributed by atoms with E-state index in [9.17, 15) is 0 Å². The molecule has 14 heavy (non-hydrogen) atoms. The third kappa shape index (κ3) is 4.79. The van der Waals surface area contributed by atoms with Gasteiger partial charge in [-0.3, -0.25) is 0 Å². The maximum atomic E-state index is 5.62. The standard InChI is InChI=1S/C9H13ClN2OS/c1-13-5-2-6-14-7-8-3-4-9(10)12-11-8/h3-4H,2,5-7H2,1H3. The van der Waals surface area contributed by atoms with E-state index in [1.807, 2.05) is 17.8 Å². The molecule has 0 unspecified atom stereocenters. The number of thioether (sulfide) groups is 1. The molecular formula is C9H13ClN2OS. The summed E-state index contributed by atoms with van der Waals surface area (Å²) in [6.45, 7) is 0.819. The number of ether oxygens (including phenoxy) is 1. The van der Waals surface area contributed by atoms with Crippen LogP contribution in [0.15, 0.2) is 12.1 Å². The quantitative estimate of drug-likeness (QED) is 0.706. The fourth-order valence-corrected chi connectivity index (χ4v) is 1.83. The predicted octanol–water partition coefficient (Wildman–Crippen LogP) is 2.40. The molecule has 1 heterocycles. The molecule has 0 saturated carbocycles. The van der Waals surface area contributed by atoms with E-state index in [1.165, 1.54) is 0 Å². The molecule has 0 fully saturated rings. The Morgan fingerprint density at radius 2 is 2.29 bits per heavy atom. The van der Waals surface area contributed by atoms with Gasteiger partial charge in [0, 0.05) is 19.5 Å². The number of nitrogens with zero attached hydrogens (tertiary/aromatic N) is 2. The van der Waals surface area contributed by atoms with Crippen molar-refractivity contribution in [3.8, 4) is 0 Å². The lowest BCUT2D eigenvalue weighted by Crippen LogP contribution is -1.93. The summed E-state index contributed by atoms with van der Waals surface area (Å²) in [6, 6.07) is 3.66. The van der Waals surface area contributed by atoms with Crippen molar-refractivity contribution >= 4 is 23.4 Å². The third-order valence-electron chi connectivity index (χ3n) is 1.57. The van der Waals surface area contributed by atoms with E-state index in [0.29, 0.717) is 5.15 Å². The molecule has 1 rings (SSSR count). The zero-order valence-corrected chi connectivity index (χ0v) is 9.64. The van der Waals surface area contributed by atoms with Gasteiger partial charge in [-0.05, 0) is 24.3 Å². The molecule has 0 amide bonds. The Kier molecular flexibility index (Phi) is 5.91. The molecule has 0 N–H and O–H groups in total. The van der Waals surface area contributed by atoms with E-state index >= 15 is 0 Å². The molecule has 0 aliphatic carbocycles. The number of rotatable bonds is 6. The minimum absolute atomic E-state index is 0.443. The smallest absolute Gasteiger partial charge is 0.151 e. The van der Waals surface area contributed by atoms with E-state index in [4.69, 9.17) is 16.3 Å². The van der Waals surface area contributed by atoms with Crippen molar-refractivity contribution in [3.05, 3.63) is 23.0 Å². The Balaban J connectivity index is 2.15. The lowest BCUT2D eigenvalue weighted by molar-refractivity contribution is 0.200. The Morgan fingerprint density at radius 1 is 1.43 bits per heavy atom. The highest BCUT2D eigenvalue weighted by atomic mass is 35.5. The largest absolute Gasteiger partial charge is 0.385 e. The monoisotopic (exact) mass is 232 g/mol. The second-order valence-electron chi connectivity index (χ2n) is 2.75. The van der Waals surface area contributed by atoms with Crippen molar-refractivity contribution in [3.63, 3.8) is 0 Å². The van der Waals surface area contributed by atoms with E-state index in [0.717, 1.165) is 30.2 Å². The summed E-state index contributed by atoms with van der Waals surface area (Å²) in [5.74, 6) is 1.96. The Morgan fingerprint density at radius 3 is 2.93 bits per heavy atom. The summed E-state index contributed by atoms with van der Waals surface area (Å²) in [5.41, 5.74) is 0.969. The van der Waals surface area contributed by atoms with Gasteiger partial charge in [-0.2, -0.15) is 16.9 Å². The van der Waals surface area contributed by atoms with Crippen LogP contribution in [0.3, 0.4) is 0 Å². The molecule has 0 radical (unpaired) electrons. The Labute approximate surface area is 93.2 Å². The molecule has 78 valence electrons. The zero-order valence-electron chi connectivity index (χ0n) is 8.07. The molecule has 0 saturated heterocycles. The average Bonchev–Trinajstić information content (AvgIpc) is 2.21. The number of hydrogen-bond acceptors (Lipinski definition) is 4. The number of hydrogen-bond donors (Lipinski definition) is 0. The van der Waals surface area contributed by atoms with Gasteiger partial charge in [-0.1, -0.05) is 11.6 Å². The van der Waals surface area contributed by atoms with Crippen molar-refractivity contribution in [1.82, 2.24) is 10.2 Å². The van der Waals surface area contributed by atoms with Crippen LogP contribution in [-0.2, 0) is 10.5 Å². The van der Waals surface area contributed by atoms with E-state index in [1.54, 1.807) is 13.2 Å². The highest BCUT2D eigenvalue weighted by molar-refractivity contribution is 7.98. The maximum Gasteiger partial charge on any atom is 0.151 e. The summed E-state index contributed by atoms with van der Waals surface area (Å²) in [7, 11) is 1.72. The summed E-state index contributed by atoms with van der Waals surface area (Å²) in [5, 5.41) is 8.18. The summed E-state index contributed by atoms with van der Waals surface area (Å²) in [6.07, 6.45) is 1.07. The minimum Gasteiger partial charge on any atom is -0.385 e. The third-order valence-corrected chi connectivity index (χ3v) is 2.85. The highest BCUT2D eigenvalue weighted by Gasteiger charge is 1.96. The van der Waals surface area contributed by atoms with Gasteiger partial charge < -0.3 is 4.74 Å². The summed E-state index contributed by atoms with van der Waals surface area (Å²) >= 11 is 7.44. The van der Waals surface area contributed by atoms with Crippen molar-refractivity contribution in [2.45, 2.75) is 12.2 Å². The van der Waals surface area contributed by atoms with Crippen LogP contribution in [0.5, 0.6) is 0 Å². The Hall–Kier alpha value is -0.320. The highest BCUT2D eigenvalue weighted by Crippen LogP contribution is 2.11. The van der Waals surface area contributed by atoms with Gasteiger partial charge >= 0.3 is 0 Å². The molecule has 0 spiro atoms. The first-order chi connectivity index (χ1) is 6.83. The second kappa shape index (κ2) is 7.04. The van der Waals surface area contributed by atoms with Crippen molar-refractivity contribution < 1.29 is 4.74 Å². The topological polar surface area (TPSA) is 35.0 Å². The van der Waals surface area contributed by atoms with Gasteiger partial charge in [0.1, 0.15) is 0 Å². The predicted molar refractivity (Wildman–Crippen MR) is 59.7 cm³/mol. The van der Waals surface area contributed by atoms with Crippen LogP contribution in [0, 0.1) is 0 Å². The van der Waals surface area contributed by atoms with Crippen molar-refractivity contribution in [2.75, 3.05) is 19.5 Å². The van der Waals surface area contributed by atoms with Gasteiger partial charge in [-0.25, -0.2) is 0 Å². The molecule has 0 bridgehead atoms. The maximum absolute atomic E-state index is 5.62. The van der Waals surface area contributed by atoms with E-state index in [-0.39, 0.29) is 0 Å². The summed E-state index contributed by atoms with van der Waals surface area (Å²) in [4.78, 5) is 0. The van der Waals surface area contributed by atoms with Crippen LogP contribution in [0.2, 0.25) is 5.15 Å². The number of halogens is 1. The summed E-state index contributed by atoms with van der Waals surface area (Å²) < 4.78 is 4.95. The van der Waals surface area contributed by atoms with Gasteiger partial charge in [-0.15, -0.1) is 5.10 Å². The lowest BCUT2D eigenvalue weighted by Gasteiger charge is -2.00. The normalized spacial score (nSPS) is 10.4. The van der Waals surface area contributed by atoms with Gasteiger partial charge in [0.05, 0.1) is 5.69 Å². The molecule has 0 aliphatic heterocycles. The molecule has 0 aliphatic rings. The lowest BCUT2D eigenvalue weighted by atomic mass is 10.4. The first-order valence-electron chi connectivity index (χ1n) is 4.37. The minimum atomic E-state index is 0.443. The van der Waals surface area contributed by atoms with Crippen molar-refractivity contribution in [2.24, 2.45) is 0 Å². The fraction of sp³-hybridized carbons (Fsp3) is 0.556. The molecule has 5 heteroatoms. The van der Waals surface area contributed by atoms with Crippen LogP contribution in [0.4, 0.5) is 0 Å². The average molecular weight is 233 g/mol. The first kappa shape index (κ1) is 11.8. The zero-order chi connectivity index (χ0) is 10.2. The Bertz CT molecular complexity index is 255. The molecule has 1 aromatic rings. The second-order valence-corrected chi connectivity index (χ2v) is 4.24. The van der Waals surface area contributed by atoms with Crippen LogP contribution >= 0.6 is 23.4 Å². The fourth-order valence-electron chi connectivity index (χ4n) is 0.903. The molecule has 1 aromatic heterocycles. The van der Waals surface area contributed by atoms with Crippen LogP contribution in [0.1, 0.15) is 12.1 Å². The molecular weight excluding hydrogens is 220 g/mol. The SMILES string of the molecule is COCCCSCc1ccc(Cl)nn1. The number of methoxy groups -OCH3 is 1. The molecule has 0 aromatic carbocycles. The van der Waals surface area contributed by atoms with Crippen molar-refractivity contribution in [1.29, 1.82) is 0 Å².